The van der Waals surface area contributed by atoms with E-state index < -0.39 is 28.2 Å². The van der Waals surface area contributed by atoms with Crippen LogP contribution in [-0.2, 0) is 10.0 Å². The van der Waals surface area contributed by atoms with Crippen LogP contribution in [0.1, 0.15) is 42.6 Å². The molecule has 5 rings (SSSR count). The monoisotopic (exact) mass is 529 g/mol. The van der Waals surface area contributed by atoms with Gasteiger partial charge >= 0.3 is 6.18 Å². The molecule has 2 aromatic heterocycles. The third-order valence-electron chi connectivity index (χ3n) is 6.44. The number of ether oxygens (including phenoxy) is 1. The van der Waals surface area contributed by atoms with Crippen LogP contribution < -0.4 is 15.3 Å². The minimum absolute atomic E-state index is 0.0144. The van der Waals surface area contributed by atoms with Crippen LogP contribution in [0, 0.1) is 5.92 Å². The van der Waals surface area contributed by atoms with Crippen LogP contribution in [0.2, 0.25) is 0 Å². The number of benzene rings is 1. The number of nitrogen functional groups attached to an aromatic ring is 1. The van der Waals surface area contributed by atoms with Gasteiger partial charge in [0.05, 0.1) is 35.4 Å². The van der Waals surface area contributed by atoms with Crippen LogP contribution in [0.4, 0.5) is 18.3 Å². The molecule has 0 unspecified atom stereocenters. The topological polar surface area (TPSA) is 128 Å². The lowest BCUT2D eigenvalue weighted by Gasteiger charge is -2.45. The molecule has 0 spiro atoms. The molecule has 15 heteroatoms. The maximum atomic E-state index is 13.6. The second-order valence-corrected chi connectivity index (χ2v) is 10.9. The summed E-state index contributed by atoms with van der Waals surface area (Å²) in [6.07, 6.45) is -1.24. The Morgan fingerprint density at radius 2 is 2.03 bits per heavy atom. The molecule has 0 aliphatic carbocycles. The molecule has 3 aromatic rings. The molecule has 3 atom stereocenters. The van der Waals surface area contributed by atoms with Crippen molar-refractivity contribution in [3.05, 3.63) is 48.0 Å². The van der Waals surface area contributed by atoms with E-state index in [1.807, 2.05) is 4.90 Å². The maximum Gasteiger partial charge on any atom is 0.391 e. The number of nitrogens with two attached hydrogens (primary N) is 1. The zero-order chi connectivity index (χ0) is 24.8. The van der Waals surface area contributed by atoms with Crippen LogP contribution >= 0.6 is 11.5 Å². The number of hydrogen-bond acceptors (Lipinski definition) is 9. The van der Waals surface area contributed by atoms with Gasteiger partial charge in [0.1, 0.15) is 12.1 Å². The fourth-order valence-corrected chi connectivity index (χ4v) is 6.46. The van der Waals surface area contributed by atoms with Crippen LogP contribution in [0.25, 0.3) is 0 Å². The van der Waals surface area contributed by atoms with Crippen molar-refractivity contribution < 1.29 is 26.3 Å². The zero-order valence-electron chi connectivity index (χ0n) is 18.2. The van der Waals surface area contributed by atoms with Crippen LogP contribution in [0.3, 0.4) is 0 Å². The molecule has 35 heavy (non-hydrogen) atoms. The fraction of sp³-hybridized carbons (Fsp3) is 0.450. The van der Waals surface area contributed by atoms with Crippen LogP contribution in [0.5, 0.6) is 5.75 Å². The number of nitrogens with zero attached hydrogens (tertiary/aromatic N) is 5. The molecule has 188 valence electrons. The number of halogens is 3. The first-order valence-electron chi connectivity index (χ1n) is 10.8. The summed E-state index contributed by atoms with van der Waals surface area (Å²) >= 11 is 0.908. The summed E-state index contributed by atoms with van der Waals surface area (Å²) in [5, 5.41) is 4.09. The number of sulfonamides is 1. The Balaban J connectivity index is 1.46. The van der Waals surface area contributed by atoms with E-state index in [4.69, 9.17) is 10.6 Å². The average Bonchev–Trinajstić information content (AvgIpc) is 3.48. The van der Waals surface area contributed by atoms with Crippen molar-refractivity contribution >= 4 is 26.7 Å². The number of piperidine rings is 1. The Hall–Kier alpha value is -2.91. The summed E-state index contributed by atoms with van der Waals surface area (Å²) in [4.78, 5) is 6.93. The number of likely N-dealkylation sites (tertiary alicyclic amines) is 1. The van der Waals surface area contributed by atoms with Gasteiger partial charge < -0.3 is 10.6 Å². The summed E-state index contributed by atoms with van der Waals surface area (Å²) < 4.78 is 78.2. The number of hydrogen-bond donors (Lipinski definition) is 2. The van der Waals surface area contributed by atoms with Gasteiger partial charge in [-0.25, -0.2) is 13.4 Å². The van der Waals surface area contributed by atoms with Crippen molar-refractivity contribution in [1.82, 2.24) is 24.1 Å². The molecule has 1 saturated heterocycles. The molecule has 3 N–H and O–H groups in total. The Kier molecular flexibility index (Phi) is 6.09. The first-order chi connectivity index (χ1) is 16.6. The van der Waals surface area contributed by atoms with Gasteiger partial charge in [0.2, 0.25) is 5.13 Å². The molecule has 2 aliphatic rings. The highest BCUT2D eigenvalue weighted by Crippen LogP contribution is 2.48. The molecule has 0 radical (unpaired) electrons. The van der Waals surface area contributed by atoms with Crippen LogP contribution in [0.15, 0.2) is 41.7 Å². The summed E-state index contributed by atoms with van der Waals surface area (Å²) in [5.74, 6) is 4.85. The van der Waals surface area contributed by atoms with Crippen molar-refractivity contribution in [2.45, 2.75) is 42.4 Å². The first kappa shape index (κ1) is 23.8. The average molecular weight is 530 g/mol. The second kappa shape index (κ2) is 8.95. The van der Waals surface area contributed by atoms with E-state index in [2.05, 4.69) is 19.2 Å². The second-order valence-electron chi connectivity index (χ2n) is 8.42. The van der Waals surface area contributed by atoms with Gasteiger partial charge in [0.15, 0.2) is 0 Å². The summed E-state index contributed by atoms with van der Waals surface area (Å²) in [6.45, 7) is 0.488. The minimum Gasteiger partial charge on any atom is -0.493 e. The van der Waals surface area contributed by atoms with Gasteiger partial charge in [-0.1, -0.05) is 6.07 Å². The van der Waals surface area contributed by atoms with E-state index in [1.165, 1.54) is 24.7 Å². The fourth-order valence-electron chi connectivity index (χ4n) is 4.79. The van der Waals surface area contributed by atoms with Gasteiger partial charge in [-0.3, -0.25) is 9.62 Å². The third kappa shape index (κ3) is 4.67. The smallest absolute Gasteiger partial charge is 0.391 e. The minimum atomic E-state index is -4.30. The SMILES string of the molecule is Nn1nccc1[C@@H]1C[C@H](C(F)(F)F)CCN1[C@@H]1CCOc2cc(S(=O)(=O)Nc3ncns3)ccc21. The molecule has 0 saturated carbocycles. The first-order valence-corrected chi connectivity index (χ1v) is 13.1. The van der Waals surface area contributed by atoms with Crippen molar-refractivity contribution in [3.63, 3.8) is 0 Å². The summed E-state index contributed by atoms with van der Waals surface area (Å²) in [6, 6.07) is 5.28. The molecular weight excluding hydrogens is 507 g/mol. The number of fused-ring (bicyclic) bond motifs is 1. The number of rotatable bonds is 5. The lowest BCUT2D eigenvalue weighted by Crippen LogP contribution is -2.45. The predicted molar refractivity (Wildman–Crippen MR) is 121 cm³/mol. The summed E-state index contributed by atoms with van der Waals surface area (Å²) in [7, 11) is -3.92. The van der Waals surface area contributed by atoms with Gasteiger partial charge in [0, 0.05) is 42.2 Å². The number of anilines is 1. The predicted octanol–water partition coefficient (Wildman–Crippen LogP) is 3.09. The van der Waals surface area contributed by atoms with Gasteiger partial charge in [-0.2, -0.15) is 27.4 Å². The molecule has 10 nitrogen and oxygen atoms in total. The van der Waals surface area contributed by atoms with Crippen LogP contribution in [-0.4, -0.2) is 51.9 Å². The highest BCUT2D eigenvalue weighted by Gasteiger charge is 2.47. The molecule has 0 amide bonds. The highest BCUT2D eigenvalue weighted by atomic mass is 32.2. The molecule has 1 aromatic carbocycles. The zero-order valence-corrected chi connectivity index (χ0v) is 19.9. The Morgan fingerprint density at radius 1 is 1.20 bits per heavy atom. The largest absolute Gasteiger partial charge is 0.493 e. The van der Waals surface area contributed by atoms with Gasteiger partial charge in [-0.05, 0) is 25.0 Å². The Morgan fingerprint density at radius 3 is 2.71 bits per heavy atom. The van der Waals surface area contributed by atoms with E-state index in [9.17, 15) is 21.6 Å². The normalized spacial score (nSPS) is 23.5. The van der Waals surface area contributed by atoms with Crippen molar-refractivity contribution in [2.24, 2.45) is 5.92 Å². The van der Waals surface area contributed by atoms with Crippen molar-refractivity contribution in [3.8, 4) is 5.75 Å². The Bertz CT molecular complexity index is 1300. The quantitative estimate of drug-likeness (QED) is 0.483. The van der Waals surface area contributed by atoms with Gasteiger partial charge in [-0.15, -0.1) is 0 Å². The van der Waals surface area contributed by atoms with Crippen molar-refractivity contribution in [2.75, 3.05) is 23.7 Å². The molecule has 2 aliphatic heterocycles. The number of nitrogens with one attached hydrogen (secondary N) is 1. The lowest BCUT2D eigenvalue weighted by molar-refractivity contribution is -0.192. The number of alkyl halides is 3. The van der Waals surface area contributed by atoms with E-state index in [0.717, 1.165) is 16.3 Å². The molecule has 1 fully saturated rings. The highest BCUT2D eigenvalue weighted by molar-refractivity contribution is 7.93. The lowest BCUT2D eigenvalue weighted by atomic mass is 9.85. The molecular formula is C20H22F3N7O3S2. The molecule has 4 heterocycles. The third-order valence-corrected chi connectivity index (χ3v) is 8.48. The van der Waals surface area contributed by atoms with E-state index in [1.54, 1.807) is 12.1 Å². The Labute approximate surface area is 203 Å². The molecule has 0 bridgehead atoms. The van der Waals surface area contributed by atoms with Gasteiger partial charge in [0.25, 0.3) is 10.0 Å². The standard InChI is InChI=1S/C20H22F3N7O3S2/c21-20(22,23)12-4-7-29(17(9-12)16-3-6-26-30(16)24)15-5-8-33-18-10-13(1-2-14(15)18)35(31,32)28-19-25-11-27-34-19/h1-3,6,10-12,15,17H,4-5,7-9,24H2,(H,25,27,28)/t12-,15-,17+/m1/s1. The van der Waals surface area contributed by atoms with E-state index in [0.29, 0.717) is 30.0 Å². The number of aromatic nitrogens is 4. The van der Waals surface area contributed by atoms with E-state index in [-0.39, 0.29) is 35.5 Å². The van der Waals surface area contributed by atoms with E-state index >= 15 is 0 Å². The summed E-state index contributed by atoms with van der Waals surface area (Å²) in [5.41, 5.74) is 1.21. The van der Waals surface area contributed by atoms with Crippen molar-refractivity contribution in [1.29, 1.82) is 0 Å². The maximum absolute atomic E-state index is 13.6.